The van der Waals surface area contributed by atoms with Gasteiger partial charge in [0.1, 0.15) is 5.60 Å². The van der Waals surface area contributed by atoms with Gasteiger partial charge in [0.2, 0.25) is 0 Å². The van der Waals surface area contributed by atoms with Gasteiger partial charge in [-0.25, -0.2) is 0 Å². The van der Waals surface area contributed by atoms with Gasteiger partial charge in [0, 0.05) is 13.7 Å². The van der Waals surface area contributed by atoms with Gasteiger partial charge in [-0.1, -0.05) is 26.2 Å². The first-order valence-corrected chi connectivity index (χ1v) is 6.60. The summed E-state index contributed by atoms with van der Waals surface area (Å²) in [5.41, 5.74) is 4.92. The van der Waals surface area contributed by atoms with Crippen molar-refractivity contribution in [3.8, 4) is 0 Å². The Morgan fingerprint density at radius 3 is 2.41 bits per heavy atom. The first-order valence-electron chi connectivity index (χ1n) is 6.60. The lowest BCUT2D eigenvalue weighted by molar-refractivity contribution is -0.144. The Kier molecular flexibility index (Phi) is 4.95. The molecule has 1 amide bonds. The maximum absolute atomic E-state index is 12.3. The van der Waals surface area contributed by atoms with E-state index in [1.54, 1.807) is 7.11 Å². The number of amides is 1. The van der Waals surface area contributed by atoms with E-state index in [4.69, 9.17) is 10.5 Å². The van der Waals surface area contributed by atoms with Crippen LogP contribution in [0.3, 0.4) is 0 Å². The quantitative estimate of drug-likeness (QED) is 0.769. The highest BCUT2D eigenvalue weighted by molar-refractivity contribution is 5.85. The van der Waals surface area contributed by atoms with Crippen LogP contribution in [0.15, 0.2) is 0 Å². The fourth-order valence-corrected chi connectivity index (χ4v) is 2.38. The Bertz CT molecular complexity index is 256. The van der Waals surface area contributed by atoms with E-state index in [9.17, 15) is 4.79 Å². The molecule has 1 fully saturated rings. The molecular weight excluding hydrogens is 216 g/mol. The Morgan fingerprint density at radius 2 is 2.00 bits per heavy atom. The van der Waals surface area contributed by atoms with E-state index in [2.05, 4.69) is 5.32 Å². The SMILES string of the molecule is CCC(C)(OC)C(=O)NC1(CN)CCCCC1. The van der Waals surface area contributed by atoms with Crippen LogP contribution >= 0.6 is 0 Å². The predicted molar refractivity (Wildman–Crippen MR) is 68.7 cm³/mol. The molecule has 100 valence electrons. The van der Waals surface area contributed by atoms with Gasteiger partial charge in [-0.15, -0.1) is 0 Å². The lowest BCUT2D eigenvalue weighted by atomic mass is 9.81. The van der Waals surface area contributed by atoms with Crippen molar-refractivity contribution in [1.29, 1.82) is 0 Å². The molecule has 0 aromatic carbocycles. The number of ether oxygens (including phenoxy) is 1. The largest absolute Gasteiger partial charge is 0.369 e. The van der Waals surface area contributed by atoms with Crippen molar-refractivity contribution in [2.24, 2.45) is 5.73 Å². The second-order valence-electron chi connectivity index (χ2n) is 5.29. The zero-order valence-electron chi connectivity index (χ0n) is 11.3. The number of carbonyl (C=O) groups is 1. The molecule has 0 saturated heterocycles. The van der Waals surface area contributed by atoms with Crippen molar-refractivity contribution < 1.29 is 9.53 Å². The van der Waals surface area contributed by atoms with E-state index < -0.39 is 5.60 Å². The molecule has 0 aliphatic heterocycles. The molecule has 0 aromatic heterocycles. The molecule has 0 bridgehead atoms. The van der Waals surface area contributed by atoms with E-state index in [-0.39, 0.29) is 11.4 Å². The van der Waals surface area contributed by atoms with Gasteiger partial charge < -0.3 is 15.8 Å². The minimum Gasteiger partial charge on any atom is -0.369 e. The number of methoxy groups -OCH3 is 1. The summed E-state index contributed by atoms with van der Waals surface area (Å²) in [6.45, 7) is 4.30. The summed E-state index contributed by atoms with van der Waals surface area (Å²) in [7, 11) is 1.58. The van der Waals surface area contributed by atoms with E-state index in [1.807, 2.05) is 13.8 Å². The number of carbonyl (C=O) groups excluding carboxylic acids is 1. The molecule has 1 saturated carbocycles. The average molecular weight is 242 g/mol. The summed E-state index contributed by atoms with van der Waals surface area (Å²) >= 11 is 0. The van der Waals surface area contributed by atoms with Crippen molar-refractivity contribution in [3.63, 3.8) is 0 Å². The van der Waals surface area contributed by atoms with Gasteiger partial charge in [0.15, 0.2) is 0 Å². The van der Waals surface area contributed by atoms with Crippen LogP contribution in [0, 0.1) is 0 Å². The standard InChI is InChI=1S/C13H26N2O2/c1-4-12(2,17-3)11(16)15-13(10-14)8-6-5-7-9-13/h4-10,14H2,1-3H3,(H,15,16). The second kappa shape index (κ2) is 5.83. The average Bonchev–Trinajstić information content (AvgIpc) is 2.38. The van der Waals surface area contributed by atoms with E-state index in [0.717, 1.165) is 25.7 Å². The highest BCUT2D eigenvalue weighted by atomic mass is 16.5. The lowest BCUT2D eigenvalue weighted by Crippen LogP contribution is -2.60. The van der Waals surface area contributed by atoms with Crippen molar-refractivity contribution in [3.05, 3.63) is 0 Å². The van der Waals surface area contributed by atoms with Gasteiger partial charge in [-0.2, -0.15) is 0 Å². The molecule has 1 aliphatic rings. The summed E-state index contributed by atoms with van der Waals surface area (Å²) in [4.78, 5) is 12.3. The summed E-state index contributed by atoms with van der Waals surface area (Å²) in [5, 5.41) is 3.14. The number of rotatable bonds is 5. The Labute approximate surface area is 104 Å². The third-order valence-electron chi connectivity index (χ3n) is 4.19. The molecule has 0 radical (unpaired) electrons. The van der Waals surface area contributed by atoms with Gasteiger partial charge in [-0.05, 0) is 26.2 Å². The Balaban J connectivity index is 2.70. The van der Waals surface area contributed by atoms with Crippen LogP contribution in [0.25, 0.3) is 0 Å². The normalized spacial score (nSPS) is 22.8. The molecule has 17 heavy (non-hydrogen) atoms. The topological polar surface area (TPSA) is 64.3 Å². The zero-order chi connectivity index (χ0) is 12.9. The van der Waals surface area contributed by atoms with E-state index in [1.165, 1.54) is 6.42 Å². The van der Waals surface area contributed by atoms with Crippen LogP contribution in [-0.4, -0.2) is 30.7 Å². The van der Waals surface area contributed by atoms with Crippen LogP contribution in [-0.2, 0) is 9.53 Å². The predicted octanol–water partition coefficient (Wildman–Crippen LogP) is 1.58. The van der Waals surface area contributed by atoms with E-state index >= 15 is 0 Å². The van der Waals surface area contributed by atoms with Crippen molar-refractivity contribution >= 4 is 5.91 Å². The summed E-state index contributed by atoms with van der Waals surface area (Å²) < 4.78 is 5.33. The fraction of sp³-hybridized carbons (Fsp3) is 0.923. The van der Waals surface area contributed by atoms with Crippen molar-refractivity contribution in [2.45, 2.75) is 63.5 Å². The summed E-state index contributed by atoms with van der Waals surface area (Å²) in [5.74, 6) is -0.0325. The molecule has 0 spiro atoms. The maximum atomic E-state index is 12.3. The number of hydrogen-bond acceptors (Lipinski definition) is 3. The van der Waals surface area contributed by atoms with Gasteiger partial charge >= 0.3 is 0 Å². The van der Waals surface area contributed by atoms with Crippen LogP contribution < -0.4 is 11.1 Å². The first-order chi connectivity index (χ1) is 8.02. The molecule has 1 aliphatic carbocycles. The summed E-state index contributed by atoms with van der Waals surface area (Å²) in [6, 6.07) is 0. The van der Waals surface area contributed by atoms with Gasteiger partial charge in [0.25, 0.3) is 5.91 Å². The molecule has 0 aromatic rings. The number of hydrogen-bond donors (Lipinski definition) is 2. The highest BCUT2D eigenvalue weighted by Crippen LogP contribution is 2.28. The Hall–Kier alpha value is -0.610. The number of nitrogens with two attached hydrogens (primary N) is 1. The fourth-order valence-electron chi connectivity index (χ4n) is 2.38. The molecule has 1 rings (SSSR count). The van der Waals surface area contributed by atoms with Crippen LogP contribution in [0.5, 0.6) is 0 Å². The lowest BCUT2D eigenvalue weighted by Gasteiger charge is -2.39. The van der Waals surface area contributed by atoms with Crippen molar-refractivity contribution in [2.75, 3.05) is 13.7 Å². The third-order valence-corrected chi connectivity index (χ3v) is 4.19. The number of nitrogens with one attached hydrogen (secondary N) is 1. The minimum absolute atomic E-state index is 0.0325. The second-order valence-corrected chi connectivity index (χ2v) is 5.29. The molecule has 4 heteroatoms. The first kappa shape index (κ1) is 14.5. The third kappa shape index (κ3) is 3.19. The minimum atomic E-state index is -0.736. The molecule has 1 atom stereocenters. The van der Waals surface area contributed by atoms with Crippen molar-refractivity contribution in [1.82, 2.24) is 5.32 Å². The zero-order valence-corrected chi connectivity index (χ0v) is 11.3. The Morgan fingerprint density at radius 1 is 1.41 bits per heavy atom. The van der Waals surface area contributed by atoms with Crippen LogP contribution in [0.1, 0.15) is 52.4 Å². The monoisotopic (exact) mass is 242 g/mol. The highest BCUT2D eigenvalue weighted by Gasteiger charge is 2.38. The molecular formula is C13H26N2O2. The van der Waals surface area contributed by atoms with Gasteiger partial charge in [-0.3, -0.25) is 4.79 Å². The smallest absolute Gasteiger partial charge is 0.252 e. The van der Waals surface area contributed by atoms with Crippen LogP contribution in [0.4, 0.5) is 0 Å². The molecule has 1 unspecified atom stereocenters. The van der Waals surface area contributed by atoms with Gasteiger partial charge in [0.05, 0.1) is 5.54 Å². The maximum Gasteiger partial charge on any atom is 0.252 e. The molecule has 4 nitrogen and oxygen atoms in total. The molecule has 3 N–H and O–H groups in total. The summed E-state index contributed by atoms with van der Waals surface area (Å²) in [6.07, 6.45) is 6.17. The van der Waals surface area contributed by atoms with Crippen LogP contribution in [0.2, 0.25) is 0 Å². The van der Waals surface area contributed by atoms with E-state index in [0.29, 0.717) is 13.0 Å². The molecule has 0 heterocycles.